The number of carbonyl (C=O) groups is 1. The number of carboxylic acid groups (broad SMARTS) is 1. The smallest absolute Gasteiger partial charge is 0.322 e. The van der Waals surface area contributed by atoms with Crippen molar-refractivity contribution in [3.63, 3.8) is 0 Å². The van der Waals surface area contributed by atoms with E-state index < -0.39 is 11.3 Å². The van der Waals surface area contributed by atoms with Gasteiger partial charge >= 0.3 is 5.97 Å². The lowest BCUT2D eigenvalue weighted by atomic mass is 10.2. The van der Waals surface area contributed by atoms with Crippen LogP contribution in [0, 0.1) is 0 Å². The number of piperazine rings is 1. The zero-order valence-electron chi connectivity index (χ0n) is 8.61. The zero-order chi connectivity index (χ0) is 10.7. The van der Waals surface area contributed by atoms with Gasteiger partial charge in [-0.2, -0.15) is 0 Å². The number of hydrogen-bond donors (Lipinski definition) is 1. The van der Waals surface area contributed by atoms with Crippen LogP contribution in [0.2, 0.25) is 0 Å². The Hall–Kier alpha value is -0.320. The highest BCUT2D eigenvalue weighted by Gasteiger charge is 2.24. The van der Waals surface area contributed by atoms with E-state index in [9.17, 15) is 4.79 Å². The first kappa shape index (κ1) is 11.8. The summed E-state index contributed by atoms with van der Waals surface area (Å²) in [6.07, 6.45) is 0. The van der Waals surface area contributed by atoms with Crippen LogP contribution in [0.15, 0.2) is 0 Å². The van der Waals surface area contributed by atoms with Gasteiger partial charge in [0.25, 0.3) is 0 Å². The Labute approximate surface area is 89.4 Å². The molecule has 0 saturated carbocycles. The Bertz CT molecular complexity index is 213. The summed E-state index contributed by atoms with van der Waals surface area (Å²) in [5.74, 6) is -0.932. The van der Waals surface area contributed by atoms with E-state index in [1.165, 1.54) is 0 Å². The molecule has 1 fully saturated rings. The van der Waals surface area contributed by atoms with E-state index in [-0.39, 0.29) is 0 Å². The van der Waals surface area contributed by atoms with E-state index in [0.29, 0.717) is 12.6 Å². The highest BCUT2D eigenvalue weighted by molar-refractivity contribution is 6.29. The molecule has 0 bridgehead atoms. The molecular formula is C9H17ClN2O2. The van der Waals surface area contributed by atoms with Gasteiger partial charge in [0.2, 0.25) is 0 Å². The minimum Gasteiger partial charge on any atom is -0.480 e. The van der Waals surface area contributed by atoms with E-state index in [0.717, 1.165) is 19.6 Å². The quantitative estimate of drug-likeness (QED) is 0.696. The van der Waals surface area contributed by atoms with Crippen molar-refractivity contribution >= 4 is 17.6 Å². The molecule has 0 aromatic carbocycles. The summed E-state index contributed by atoms with van der Waals surface area (Å²) in [5.41, 5.74) is 0. The first-order chi connectivity index (χ1) is 6.50. The van der Waals surface area contributed by atoms with Gasteiger partial charge in [-0.15, -0.1) is 11.6 Å². The van der Waals surface area contributed by atoms with E-state index in [4.69, 9.17) is 16.7 Å². The second-order valence-electron chi connectivity index (χ2n) is 3.89. The largest absolute Gasteiger partial charge is 0.480 e. The summed E-state index contributed by atoms with van der Waals surface area (Å²) in [6, 6.07) is 0.474. The third-order valence-electron chi connectivity index (χ3n) is 2.73. The number of aliphatic carboxylic acids is 1. The number of nitrogens with zero attached hydrogens (tertiary/aromatic N) is 2. The van der Waals surface area contributed by atoms with Gasteiger partial charge in [-0.25, -0.2) is 0 Å². The topological polar surface area (TPSA) is 43.8 Å². The maximum Gasteiger partial charge on any atom is 0.322 e. The molecule has 0 aromatic rings. The van der Waals surface area contributed by atoms with E-state index >= 15 is 0 Å². The molecule has 0 spiro atoms. The number of likely N-dealkylation sites (N-methyl/N-ethyl adjacent to an activating group) is 1. The van der Waals surface area contributed by atoms with E-state index in [2.05, 4.69) is 23.8 Å². The predicted octanol–water partition coefficient (Wildman–Crippen LogP) is 0.314. The van der Waals surface area contributed by atoms with Gasteiger partial charge < -0.3 is 10.0 Å². The van der Waals surface area contributed by atoms with Gasteiger partial charge in [0.15, 0.2) is 0 Å². The minimum absolute atomic E-state index is 0.440. The number of hydrogen-bond acceptors (Lipinski definition) is 3. The summed E-state index contributed by atoms with van der Waals surface area (Å²) in [4.78, 5) is 14.9. The van der Waals surface area contributed by atoms with Crippen LogP contribution < -0.4 is 0 Å². The van der Waals surface area contributed by atoms with Gasteiger partial charge in [0.1, 0.15) is 5.38 Å². The average Bonchev–Trinajstić information content (AvgIpc) is 2.11. The van der Waals surface area contributed by atoms with Crippen molar-refractivity contribution < 1.29 is 9.90 Å². The Morgan fingerprint density at radius 2 is 2.29 bits per heavy atom. The lowest BCUT2D eigenvalue weighted by Gasteiger charge is -2.37. The third-order valence-corrected chi connectivity index (χ3v) is 3.05. The Kier molecular flexibility index (Phi) is 4.16. The van der Waals surface area contributed by atoms with Crippen LogP contribution in [0.1, 0.15) is 6.92 Å². The molecule has 1 aliphatic rings. The molecule has 82 valence electrons. The SMILES string of the molecule is CC1CN(CC(Cl)C(=O)O)CCN1C. The molecule has 0 aromatic heterocycles. The third kappa shape index (κ3) is 3.12. The summed E-state index contributed by atoms with van der Waals surface area (Å²) in [7, 11) is 2.08. The van der Waals surface area contributed by atoms with E-state index in [1.807, 2.05) is 0 Å². The highest BCUT2D eigenvalue weighted by atomic mass is 35.5. The fourth-order valence-corrected chi connectivity index (χ4v) is 1.79. The average molecular weight is 221 g/mol. The maximum atomic E-state index is 10.5. The van der Waals surface area contributed by atoms with Crippen LogP contribution in [-0.4, -0.2) is 65.5 Å². The Balaban J connectivity index is 2.36. The standard InChI is InChI=1S/C9H17ClN2O2/c1-7-5-12(4-3-11(7)2)6-8(10)9(13)14/h7-8H,3-6H2,1-2H3,(H,13,14). The van der Waals surface area contributed by atoms with Crippen LogP contribution >= 0.6 is 11.6 Å². The molecule has 0 radical (unpaired) electrons. The number of carboxylic acids is 1. The summed E-state index contributed by atoms with van der Waals surface area (Å²) >= 11 is 5.68. The van der Waals surface area contributed by atoms with E-state index in [1.54, 1.807) is 0 Å². The molecule has 1 N–H and O–H groups in total. The molecule has 1 aliphatic heterocycles. The van der Waals surface area contributed by atoms with Crippen molar-refractivity contribution in [2.45, 2.75) is 18.3 Å². The number of rotatable bonds is 3. The van der Waals surface area contributed by atoms with Crippen molar-refractivity contribution in [1.29, 1.82) is 0 Å². The van der Waals surface area contributed by atoms with Crippen molar-refractivity contribution in [2.24, 2.45) is 0 Å². The summed E-state index contributed by atoms with van der Waals surface area (Å²) in [5, 5.41) is 7.88. The second kappa shape index (κ2) is 4.96. The monoisotopic (exact) mass is 220 g/mol. The van der Waals surface area contributed by atoms with Crippen LogP contribution in [0.4, 0.5) is 0 Å². The number of halogens is 1. The van der Waals surface area contributed by atoms with Gasteiger partial charge in [-0.05, 0) is 14.0 Å². The molecule has 1 rings (SSSR count). The Morgan fingerprint density at radius 3 is 2.79 bits per heavy atom. The van der Waals surface area contributed by atoms with Crippen LogP contribution in [0.3, 0.4) is 0 Å². The van der Waals surface area contributed by atoms with Crippen molar-refractivity contribution in [3.8, 4) is 0 Å². The molecule has 0 aliphatic carbocycles. The van der Waals surface area contributed by atoms with Gasteiger partial charge in [0, 0.05) is 32.2 Å². The molecule has 5 heteroatoms. The highest BCUT2D eigenvalue weighted by Crippen LogP contribution is 2.09. The molecule has 1 saturated heterocycles. The fourth-order valence-electron chi connectivity index (χ4n) is 1.59. The molecule has 14 heavy (non-hydrogen) atoms. The minimum atomic E-state index is -0.932. The lowest BCUT2D eigenvalue weighted by molar-refractivity contribution is -0.137. The summed E-state index contributed by atoms with van der Waals surface area (Å²) in [6.45, 7) is 5.35. The Morgan fingerprint density at radius 1 is 1.64 bits per heavy atom. The first-order valence-corrected chi connectivity index (χ1v) is 5.24. The predicted molar refractivity (Wildman–Crippen MR) is 55.8 cm³/mol. The molecule has 2 unspecified atom stereocenters. The van der Waals surface area contributed by atoms with Gasteiger partial charge in [-0.3, -0.25) is 9.69 Å². The van der Waals surface area contributed by atoms with Crippen molar-refractivity contribution in [2.75, 3.05) is 33.2 Å². The molecule has 0 amide bonds. The maximum absolute atomic E-state index is 10.5. The molecule has 1 heterocycles. The fraction of sp³-hybridized carbons (Fsp3) is 0.889. The molecule has 4 nitrogen and oxygen atoms in total. The number of alkyl halides is 1. The van der Waals surface area contributed by atoms with Crippen LogP contribution in [-0.2, 0) is 4.79 Å². The van der Waals surface area contributed by atoms with Crippen LogP contribution in [0.25, 0.3) is 0 Å². The zero-order valence-corrected chi connectivity index (χ0v) is 9.37. The van der Waals surface area contributed by atoms with Crippen molar-refractivity contribution in [1.82, 2.24) is 9.80 Å². The summed E-state index contributed by atoms with van der Waals surface area (Å²) < 4.78 is 0. The molecular weight excluding hydrogens is 204 g/mol. The lowest BCUT2D eigenvalue weighted by Crippen LogP contribution is -2.51. The van der Waals surface area contributed by atoms with Crippen LogP contribution in [0.5, 0.6) is 0 Å². The van der Waals surface area contributed by atoms with Gasteiger partial charge in [-0.1, -0.05) is 0 Å². The van der Waals surface area contributed by atoms with Gasteiger partial charge in [0.05, 0.1) is 0 Å². The second-order valence-corrected chi connectivity index (χ2v) is 4.42. The molecule has 2 atom stereocenters. The first-order valence-electron chi connectivity index (χ1n) is 4.80. The normalized spacial score (nSPS) is 27.5. The van der Waals surface area contributed by atoms with Crippen molar-refractivity contribution in [3.05, 3.63) is 0 Å².